The summed E-state index contributed by atoms with van der Waals surface area (Å²) in [5.74, 6) is -0.783. The Kier molecular flexibility index (Phi) is 3.12. The third-order valence-electron chi connectivity index (χ3n) is 2.60. The summed E-state index contributed by atoms with van der Waals surface area (Å²) in [5, 5.41) is 9.09. The second-order valence-electron chi connectivity index (χ2n) is 3.57. The van der Waals surface area contributed by atoms with Crippen molar-refractivity contribution in [2.24, 2.45) is 0 Å². The first-order valence-electron chi connectivity index (χ1n) is 4.89. The van der Waals surface area contributed by atoms with E-state index in [4.69, 9.17) is 16.7 Å². The van der Waals surface area contributed by atoms with Gasteiger partial charge in [-0.25, -0.2) is 4.79 Å². The molecule has 1 aliphatic carbocycles. The third kappa shape index (κ3) is 2.24. The molecule has 1 aromatic heterocycles. The summed E-state index contributed by atoms with van der Waals surface area (Å²) in [4.78, 5) is 12.1. The van der Waals surface area contributed by atoms with Crippen LogP contribution in [0.25, 0.3) is 5.57 Å². The van der Waals surface area contributed by atoms with E-state index >= 15 is 0 Å². The Hall–Kier alpha value is -0.800. The summed E-state index contributed by atoms with van der Waals surface area (Å²) in [5.41, 5.74) is 1.55. The smallest absolute Gasteiger partial charge is 0.331 e. The fourth-order valence-corrected chi connectivity index (χ4v) is 3.03. The van der Waals surface area contributed by atoms with Gasteiger partial charge in [-0.3, -0.25) is 0 Å². The number of allylic oxidation sites excluding steroid dienone is 1. The van der Waals surface area contributed by atoms with Gasteiger partial charge < -0.3 is 5.11 Å². The number of carbonyl (C=O) groups is 1. The first-order chi connectivity index (χ1) is 7.18. The average molecular weight is 243 g/mol. The molecule has 1 heterocycles. The van der Waals surface area contributed by atoms with Crippen molar-refractivity contribution in [1.29, 1.82) is 0 Å². The fraction of sp³-hybridized carbons (Fsp3) is 0.364. The molecule has 80 valence electrons. The van der Waals surface area contributed by atoms with Crippen molar-refractivity contribution >= 4 is 34.5 Å². The van der Waals surface area contributed by atoms with Crippen LogP contribution < -0.4 is 0 Å². The van der Waals surface area contributed by atoms with Crippen molar-refractivity contribution in [2.45, 2.75) is 25.7 Å². The second-order valence-corrected chi connectivity index (χ2v) is 5.29. The molecule has 0 saturated carbocycles. The number of aliphatic carboxylic acids is 1. The first kappa shape index (κ1) is 10.7. The number of thiophene rings is 1. The maximum atomic E-state index is 11.1. The molecule has 15 heavy (non-hydrogen) atoms. The summed E-state index contributed by atoms with van der Waals surface area (Å²) in [7, 11) is 0. The lowest BCUT2D eigenvalue weighted by Gasteiger charge is -2.16. The molecule has 0 spiro atoms. The summed E-state index contributed by atoms with van der Waals surface area (Å²) >= 11 is 7.32. The molecule has 0 saturated heterocycles. The Morgan fingerprint density at radius 2 is 2.07 bits per heavy atom. The van der Waals surface area contributed by atoms with Gasteiger partial charge in [-0.1, -0.05) is 11.6 Å². The molecule has 0 aromatic carbocycles. The molecule has 0 radical (unpaired) electrons. The van der Waals surface area contributed by atoms with E-state index in [1.54, 1.807) is 0 Å². The average Bonchev–Trinajstić information content (AvgIpc) is 2.65. The Balaban J connectivity index is 2.43. The molecule has 0 aliphatic heterocycles. The van der Waals surface area contributed by atoms with Crippen molar-refractivity contribution in [1.82, 2.24) is 0 Å². The highest BCUT2D eigenvalue weighted by atomic mass is 35.5. The molecule has 2 rings (SSSR count). The van der Waals surface area contributed by atoms with Crippen LogP contribution >= 0.6 is 22.9 Å². The fourth-order valence-electron chi connectivity index (χ4n) is 1.89. The highest BCUT2D eigenvalue weighted by Gasteiger charge is 2.20. The monoisotopic (exact) mass is 242 g/mol. The first-order valence-corrected chi connectivity index (χ1v) is 6.09. The molecule has 0 amide bonds. The molecule has 0 fully saturated rings. The molecule has 0 unspecified atom stereocenters. The summed E-state index contributed by atoms with van der Waals surface area (Å²) in [6, 6.07) is 3.74. The van der Waals surface area contributed by atoms with Gasteiger partial charge in [0.1, 0.15) is 0 Å². The number of hydrogen-bond acceptors (Lipinski definition) is 2. The summed E-state index contributed by atoms with van der Waals surface area (Å²) in [6.07, 6.45) is 3.59. The molecule has 4 heteroatoms. The van der Waals surface area contributed by atoms with Gasteiger partial charge in [-0.05, 0) is 43.4 Å². The number of halogens is 1. The lowest BCUT2D eigenvalue weighted by atomic mass is 9.91. The van der Waals surface area contributed by atoms with Crippen molar-refractivity contribution in [3.63, 3.8) is 0 Å². The number of hydrogen-bond donors (Lipinski definition) is 1. The van der Waals surface area contributed by atoms with Crippen molar-refractivity contribution < 1.29 is 9.90 Å². The molecular formula is C11H11ClO2S. The third-order valence-corrected chi connectivity index (χ3v) is 3.89. The lowest BCUT2D eigenvalue weighted by Crippen LogP contribution is -2.07. The van der Waals surface area contributed by atoms with Crippen LogP contribution in [0.15, 0.2) is 17.7 Å². The van der Waals surface area contributed by atoms with Gasteiger partial charge in [0.05, 0.1) is 4.34 Å². The second kappa shape index (κ2) is 4.37. The SMILES string of the molecule is O=C(O)C1=C(c2ccc(Cl)s2)CCCC1. The predicted molar refractivity (Wildman–Crippen MR) is 62.4 cm³/mol. The Labute approximate surface area is 97.2 Å². The highest BCUT2D eigenvalue weighted by Crippen LogP contribution is 2.37. The van der Waals surface area contributed by atoms with E-state index < -0.39 is 5.97 Å². The van der Waals surface area contributed by atoms with E-state index in [1.165, 1.54) is 11.3 Å². The molecule has 2 nitrogen and oxygen atoms in total. The molecular weight excluding hydrogens is 232 g/mol. The van der Waals surface area contributed by atoms with Crippen LogP contribution in [-0.2, 0) is 4.79 Å². The predicted octanol–water partition coefficient (Wildman–Crippen LogP) is 3.81. The number of carboxylic acid groups (broad SMARTS) is 1. The van der Waals surface area contributed by atoms with E-state index in [0.29, 0.717) is 16.3 Å². The molecule has 0 atom stereocenters. The van der Waals surface area contributed by atoms with Crippen LogP contribution in [0.5, 0.6) is 0 Å². The van der Waals surface area contributed by atoms with Crippen molar-refractivity contribution in [2.75, 3.05) is 0 Å². The van der Waals surface area contributed by atoms with E-state index in [9.17, 15) is 4.79 Å². The van der Waals surface area contributed by atoms with Crippen LogP contribution in [-0.4, -0.2) is 11.1 Å². The minimum atomic E-state index is -0.783. The largest absolute Gasteiger partial charge is 0.478 e. The maximum absolute atomic E-state index is 11.1. The maximum Gasteiger partial charge on any atom is 0.331 e. The molecule has 1 aromatic rings. The Bertz CT molecular complexity index is 420. The van der Waals surface area contributed by atoms with Crippen LogP contribution in [0.3, 0.4) is 0 Å². The zero-order chi connectivity index (χ0) is 10.8. The zero-order valence-electron chi connectivity index (χ0n) is 8.12. The highest BCUT2D eigenvalue weighted by molar-refractivity contribution is 7.17. The molecule has 1 N–H and O–H groups in total. The van der Waals surface area contributed by atoms with Crippen LogP contribution in [0.2, 0.25) is 4.34 Å². The Morgan fingerprint density at radius 3 is 2.67 bits per heavy atom. The number of rotatable bonds is 2. The van der Waals surface area contributed by atoms with Gasteiger partial charge in [-0.15, -0.1) is 11.3 Å². The van der Waals surface area contributed by atoms with E-state index in [-0.39, 0.29) is 0 Å². The van der Waals surface area contributed by atoms with E-state index in [0.717, 1.165) is 29.7 Å². The van der Waals surface area contributed by atoms with E-state index in [1.807, 2.05) is 12.1 Å². The lowest BCUT2D eigenvalue weighted by molar-refractivity contribution is -0.132. The van der Waals surface area contributed by atoms with Crippen LogP contribution in [0.1, 0.15) is 30.6 Å². The summed E-state index contributed by atoms with van der Waals surface area (Å²) < 4.78 is 0.716. The van der Waals surface area contributed by atoms with Gasteiger partial charge in [0.25, 0.3) is 0 Å². The molecule has 1 aliphatic rings. The van der Waals surface area contributed by atoms with Crippen LogP contribution in [0, 0.1) is 0 Å². The van der Waals surface area contributed by atoms with Crippen molar-refractivity contribution in [3.05, 3.63) is 26.9 Å². The standard InChI is InChI=1S/C11H11ClO2S/c12-10-6-5-9(15-10)7-3-1-2-4-8(7)11(13)14/h5-6H,1-4H2,(H,13,14). The van der Waals surface area contributed by atoms with Crippen LogP contribution in [0.4, 0.5) is 0 Å². The number of carboxylic acids is 1. The topological polar surface area (TPSA) is 37.3 Å². The summed E-state index contributed by atoms with van der Waals surface area (Å²) in [6.45, 7) is 0. The van der Waals surface area contributed by atoms with Gasteiger partial charge in [-0.2, -0.15) is 0 Å². The normalized spacial score (nSPS) is 16.9. The van der Waals surface area contributed by atoms with Crippen molar-refractivity contribution in [3.8, 4) is 0 Å². The zero-order valence-corrected chi connectivity index (χ0v) is 9.70. The van der Waals surface area contributed by atoms with Gasteiger partial charge in [0.15, 0.2) is 0 Å². The van der Waals surface area contributed by atoms with Gasteiger partial charge >= 0.3 is 5.97 Å². The van der Waals surface area contributed by atoms with E-state index in [2.05, 4.69) is 0 Å². The minimum absolute atomic E-state index is 0.569. The van der Waals surface area contributed by atoms with Gasteiger partial charge in [0.2, 0.25) is 0 Å². The minimum Gasteiger partial charge on any atom is -0.478 e. The van der Waals surface area contributed by atoms with Gasteiger partial charge in [0, 0.05) is 10.5 Å². The Morgan fingerprint density at radius 1 is 1.33 bits per heavy atom. The quantitative estimate of drug-likeness (QED) is 0.856. The molecule has 0 bridgehead atoms.